The molecule has 2 nitrogen and oxygen atoms in total. The molecule has 0 spiro atoms. The van der Waals surface area contributed by atoms with Gasteiger partial charge in [0.2, 0.25) is 0 Å². The minimum Gasteiger partial charge on any atom is -0.390 e. The number of aliphatic hydroxyl groups is 1. The monoisotopic (exact) mass is 324 g/mol. The molecule has 2 aliphatic rings. The van der Waals surface area contributed by atoms with Crippen molar-refractivity contribution in [3.8, 4) is 0 Å². The van der Waals surface area contributed by atoms with Gasteiger partial charge in [0.05, 0.1) is 5.60 Å². The summed E-state index contributed by atoms with van der Waals surface area (Å²) in [5.74, 6) is 1.49. The van der Waals surface area contributed by atoms with Gasteiger partial charge in [-0.3, -0.25) is 4.79 Å². The summed E-state index contributed by atoms with van der Waals surface area (Å²) in [7, 11) is 0. The van der Waals surface area contributed by atoms with E-state index in [2.05, 4.69) is 19.1 Å². The van der Waals surface area contributed by atoms with Gasteiger partial charge in [0.25, 0.3) is 0 Å². The molecule has 0 bridgehead atoms. The van der Waals surface area contributed by atoms with Crippen molar-refractivity contribution in [1.29, 1.82) is 0 Å². The minimum absolute atomic E-state index is 0.244. The summed E-state index contributed by atoms with van der Waals surface area (Å²) in [6.07, 6.45) is 11.5. The van der Waals surface area contributed by atoms with E-state index in [0.29, 0.717) is 24.0 Å². The predicted octanol–water partition coefficient (Wildman–Crippen LogP) is 5.93. The Bertz CT molecular complexity index is 365. The zero-order valence-corrected chi connectivity index (χ0v) is 16.6. The Hall–Kier alpha value is -0.630. The van der Waals surface area contributed by atoms with E-state index in [-0.39, 0.29) is 5.41 Å². The van der Waals surface area contributed by atoms with Gasteiger partial charge in [-0.05, 0) is 63.7 Å². The molecule has 0 saturated heterocycles. The number of Topliss-reactive ketones (excluding diaryl/α,β-unsaturated/α-hetero) is 1. The van der Waals surface area contributed by atoms with E-state index < -0.39 is 5.60 Å². The van der Waals surface area contributed by atoms with Gasteiger partial charge in [-0.25, -0.2) is 0 Å². The van der Waals surface area contributed by atoms with Gasteiger partial charge in [0.1, 0.15) is 5.78 Å². The van der Waals surface area contributed by atoms with E-state index >= 15 is 0 Å². The highest BCUT2D eigenvalue weighted by Gasteiger charge is 2.50. The van der Waals surface area contributed by atoms with E-state index in [4.69, 9.17) is 0 Å². The van der Waals surface area contributed by atoms with E-state index in [1.54, 1.807) is 0 Å². The molecule has 1 unspecified atom stereocenters. The van der Waals surface area contributed by atoms with Crippen LogP contribution in [-0.4, -0.2) is 16.5 Å². The number of rotatable bonds is 4. The quantitative estimate of drug-likeness (QED) is 0.650. The van der Waals surface area contributed by atoms with Gasteiger partial charge in [-0.2, -0.15) is 0 Å². The Morgan fingerprint density at radius 3 is 2.35 bits per heavy atom. The van der Waals surface area contributed by atoms with Crippen molar-refractivity contribution in [2.24, 2.45) is 17.3 Å². The normalized spacial score (nSPS) is 30.2. The van der Waals surface area contributed by atoms with E-state index in [0.717, 1.165) is 25.7 Å². The molecule has 3 atom stereocenters. The van der Waals surface area contributed by atoms with E-state index in [1.807, 2.05) is 41.5 Å². The molecule has 0 heterocycles. The lowest BCUT2D eigenvalue weighted by molar-refractivity contribution is -0.129. The summed E-state index contributed by atoms with van der Waals surface area (Å²) >= 11 is 0. The third kappa shape index (κ3) is 6.41. The van der Waals surface area contributed by atoms with Crippen molar-refractivity contribution < 1.29 is 9.90 Å². The summed E-state index contributed by atoms with van der Waals surface area (Å²) in [6, 6.07) is 0. The number of allylic oxidation sites excluding steroid dienone is 1. The van der Waals surface area contributed by atoms with Crippen LogP contribution >= 0.6 is 0 Å². The molecule has 2 rings (SSSR count). The summed E-state index contributed by atoms with van der Waals surface area (Å²) in [5, 5.41) is 9.69. The number of hydrogen-bond acceptors (Lipinski definition) is 2. The first-order chi connectivity index (χ1) is 10.8. The first kappa shape index (κ1) is 22.4. The van der Waals surface area contributed by atoms with Gasteiger partial charge in [-0.15, -0.1) is 0 Å². The Labute approximate surface area is 144 Å². The fourth-order valence-corrected chi connectivity index (χ4v) is 4.06. The Kier molecular flexibility index (Phi) is 10.00. The number of carbonyl (C=O) groups is 1. The van der Waals surface area contributed by atoms with Gasteiger partial charge in [0.15, 0.2) is 0 Å². The molecule has 1 N–H and O–H groups in total. The van der Waals surface area contributed by atoms with Crippen LogP contribution in [0.3, 0.4) is 0 Å². The molecule has 0 amide bonds. The number of ketones is 1. The van der Waals surface area contributed by atoms with Crippen molar-refractivity contribution >= 4 is 5.78 Å². The Morgan fingerprint density at radius 2 is 1.78 bits per heavy atom. The molecular weight excluding hydrogens is 284 g/mol. The zero-order chi connectivity index (χ0) is 18.1. The largest absolute Gasteiger partial charge is 0.390 e. The van der Waals surface area contributed by atoms with Crippen LogP contribution in [0, 0.1) is 17.3 Å². The van der Waals surface area contributed by atoms with Crippen LogP contribution in [0.4, 0.5) is 0 Å². The van der Waals surface area contributed by atoms with Crippen LogP contribution < -0.4 is 0 Å². The number of fused-ring (bicyclic) bond motifs is 1. The zero-order valence-electron chi connectivity index (χ0n) is 16.6. The van der Waals surface area contributed by atoms with Crippen molar-refractivity contribution in [3.05, 3.63) is 12.2 Å². The topological polar surface area (TPSA) is 37.3 Å². The van der Waals surface area contributed by atoms with Crippen LogP contribution in [0.2, 0.25) is 0 Å². The predicted molar refractivity (Wildman–Crippen MR) is 101 cm³/mol. The molecule has 2 saturated carbocycles. The van der Waals surface area contributed by atoms with Crippen LogP contribution in [0.25, 0.3) is 0 Å². The molecule has 0 aromatic heterocycles. The molecule has 23 heavy (non-hydrogen) atoms. The summed E-state index contributed by atoms with van der Waals surface area (Å²) in [4.78, 5) is 12.0. The number of hydrogen-bond donors (Lipinski definition) is 1. The molecule has 2 aliphatic carbocycles. The van der Waals surface area contributed by atoms with E-state index in [9.17, 15) is 9.90 Å². The van der Waals surface area contributed by atoms with Crippen molar-refractivity contribution in [2.75, 3.05) is 0 Å². The second kappa shape index (κ2) is 10.3. The average molecular weight is 325 g/mol. The molecule has 0 radical (unpaired) electrons. The minimum atomic E-state index is -0.612. The van der Waals surface area contributed by atoms with Crippen LogP contribution in [0.5, 0.6) is 0 Å². The fourth-order valence-electron chi connectivity index (χ4n) is 4.06. The third-order valence-electron chi connectivity index (χ3n) is 5.26. The second-order valence-corrected chi connectivity index (χ2v) is 7.38. The van der Waals surface area contributed by atoms with Crippen molar-refractivity contribution in [2.45, 2.75) is 99.0 Å². The lowest BCUT2D eigenvalue weighted by Crippen LogP contribution is -2.37. The highest BCUT2D eigenvalue weighted by molar-refractivity contribution is 5.83. The van der Waals surface area contributed by atoms with Crippen LogP contribution in [0.1, 0.15) is 93.4 Å². The average Bonchev–Trinajstić information content (AvgIpc) is 2.85. The highest BCUT2D eigenvalue weighted by atomic mass is 16.3. The maximum absolute atomic E-state index is 12.0. The van der Waals surface area contributed by atoms with Gasteiger partial charge >= 0.3 is 0 Å². The van der Waals surface area contributed by atoms with Crippen LogP contribution in [-0.2, 0) is 4.79 Å². The van der Waals surface area contributed by atoms with Gasteiger partial charge in [-0.1, -0.05) is 46.8 Å². The maximum atomic E-state index is 12.0. The van der Waals surface area contributed by atoms with Crippen molar-refractivity contribution in [3.63, 3.8) is 0 Å². The number of carbonyl (C=O) groups excluding carboxylic acids is 1. The maximum Gasteiger partial charge on any atom is 0.136 e. The summed E-state index contributed by atoms with van der Waals surface area (Å²) in [5.41, 5.74) is -0.367. The molecule has 0 aromatic carbocycles. The van der Waals surface area contributed by atoms with Crippen LogP contribution in [0.15, 0.2) is 12.2 Å². The summed E-state index contributed by atoms with van der Waals surface area (Å²) < 4.78 is 0. The standard InChI is InChI=1S/C17H28O2.2C2H6/c1-16(2,19)11-5-4-7-13-9-10-14-15(18)8-6-12-17(13,14)3;2*1-2/h4-5,13-14,19H,6-12H2,1-3H3;2*1-2H3/b5-4+;;/t13-,14?,17+;;/m0../s1. The first-order valence-corrected chi connectivity index (χ1v) is 9.73. The molecule has 136 valence electrons. The fraction of sp³-hybridized carbons (Fsp3) is 0.857. The second-order valence-electron chi connectivity index (χ2n) is 7.38. The molecule has 2 fully saturated rings. The first-order valence-electron chi connectivity index (χ1n) is 9.73. The molecule has 0 aliphatic heterocycles. The summed E-state index contributed by atoms with van der Waals surface area (Å²) in [6.45, 7) is 14.0. The molecule has 0 aromatic rings. The Morgan fingerprint density at radius 1 is 1.17 bits per heavy atom. The highest BCUT2D eigenvalue weighted by Crippen LogP contribution is 2.55. The van der Waals surface area contributed by atoms with Gasteiger partial charge in [0, 0.05) is 12.3 Å². The van der Waals surface area contributed by atoms with Gasteiger partial charge < -0.3 is 5.11 Å². The third-order valence-corrected chi connectivity index (χ3v) is 5.26. The smallest absolute Gasteiger partial charge is 0.136 e. The Balaban J connectivity index is 0.00000112. The lowest BCUT2D eigenvalue weighted by atomic mass is 9.64. The molecule has 2 heteroatoms. The lowest BCUT2D eigenvalue weighted by Gasteiger charge is -2.39. The van der Waals surface area contributed by atoms with Crippen molar-refractivity contribution in [1.82, 2.24) is 0 Å². The van der Waals surface area contributed by atoms with E-state index in [1.165, 1.54) is 12.8 Å². The molecular formula is C21H40O2. The SMILES string of the molecule is CC.CC.CC(C)(O)C/C=C/C[C@H]1CCC2C(=O)CCC[C@@]21C.